The molecule has 0 aliphatic carbocycles. The normalized spacial score (nSPS) is 15.2. The van der Waals surface area contributed by atoms with E-state index in [1.165, 1.54) is 0 Å². The molecule has 0 fully saturated rings. The third kappa shape index (κ3) is 2.71. The van der Waals surface area contributed by atoms with E-state index in [-0.39, 0.29) is 6.04 Å². The minimum Gasteiger partial charge on any atom is -0.486 e. The number of benzene rings is 1. The zero-order chi connectivity index (χ0) is 13.1. The second-order valence-corrected chi connectivity index (χ2v) is 4.48. The van der Waals surface area contributed by atoms with E-state index in [1.54, 1.807) is 6.20 Å². The number of nitrogens with zero attached hydrogens (tertiary/aromatic N) is 1. The molecule has 1 aliphatic rings. The predicted molar refractivity (Wildman–Crippen MR) is 69.2 cm³/mol. The van der Waals surface area contributed by atoms with Gasteiger partial charge in [0, 0.05) is 12.1 Å². The summed E-state index contributed by atoms with van der Waals surface area (Å²) in [4.78, 5) is 0. The predicted octanol–water partition coefficient (Wildman–Crippen LogP) is 2.30. The zero-order valence-corrected chi connectivity index (χ0v) is 10.8. The first-order chi connectivity index (χ1) is 9.33. The summed E-state index contributed by atoms with van der Waals surface area (Å²) in [6.07, 6.45) is 1.64. The van der Waals surface area contributed by atoms with Crippen molar-refractivity contribution in [3.05, 3.63) is 41.8 Å². The van der Waals surface area contributed by atoms with Crippen LogP contribution < -0.4 is 14.8 Å². The largest absolute Gasteiger partial charge is 0.486 e. The topological polar surface area (TPSA) is 56.5 Å². The Morgan fingerprint density at radius 3 is 2.84 bits per heavy atom. The zero-order valence-electron chi connectivity index (χ0n) is 10.8. The molecule has 5 nitrogen and oxygen atoms in total. The summed E-state index contributed by atoms with van der Waals surface area (Å²) in [7, 11) is 0. The van der Waals surface area contributed by atoms with E-state index >= 15 is 0 Å². The summed E-state index contributed by atoms with van der Waals surface area (Å²) < 4.78 is 16.1. The van der Waals surface area contributed by atoms with Gasteiger partial charge < -0.3 is 19.3 Å². The number of ether oxygens (including phenoxy) is 2. The van der Waals surface area contributed by atoms with Gasteiger partial charge in [-0.25, -0.2) is 0 Å². The molecule has 1 aromatic heterocycles. The van der Waals surface area contributed by atoms with Gasteiger partial charge in [-0.3, -0.25) is 0 Å². The molecule has 0 spiro atoms. The smallest absolute Gasteiger partial charge is 0.161 e. The van der Waals surface area contributed by atoms with Crippen LogP contribution >= 0.6 is 0 Å². The van der Waals surface area contributed by atoms with Crippen LogP contribution in [0.5, 0.6) is 11.5 Å². The highest BCUT2D eigenvalue weighted by molar-refractivity contribution is 5.44. The maximum absolute atomic E-state index is 5.58. The van der Waals surface area contributed by atoms with Crippen LogP contribution in [0.15, 0.2) is 35.0 Å². The van der Waals surface area contributed by atoms with E-state index < -0.39 is 0 Å². The number of fused-ring (bicyclic) bond motifs is 1. The molecule has 2 heterocycles. The lowest BCUT2D eigenvalue weighted by molar-refractivity contribution is 0.171. The lowest BCUT2D eigenvalue weighted by atomic mass is 10.1. The third-order valence-electron chi connectivity index (χ3n) is 3.14. The lowest BCUT2D eigenvalue weighted by Crippen LogP contribution is -2.19. The SMILES string of the molecule is CC(NCc1ccno1)c1ccc2c(c1)OCCO2. The molecule has 0 saturated heterocycles. The van der Waals surface area contributed by atoms with Crippen molar-refractivity contribution in [2.24, 2.45) is 0 Å². The fraction of sp³-hybridized carbons (Fsp3) is 0.357. The average Bonchev–Trinajstić information content (AvgIpc) is 2.97. The van der Waals surface area contributed by atoms with Crippen molar-refractivity contribution in [2.75, 3.05) is 13.2 Å². The molecule has 19 heavy (non-hydrogen) atoms. The van der Waals surface area contributed by atoms with Crippen LogP contribution in [0.25, 0.3) is 0 Å². The van der Waals surface area contributed by atoms with Crippen molar-refractivity contribution >= 4 is 0 Å². The first-order valence-electron chi connectivity index (χ1n) is 6.35. The minimum atomic E-state index is 0.195. The molecule has 1 unspecified atom stereocenters. The summed E-state index contributed by atoms with van der Waals surface area (Å²) in [5, 5.41) is 7.06. The van der Waals surface area contributed by atoms with Gasteiger partial charge in [0.2, 0.25) is 0 Å². The lowest BCUT2D eigenvalue weighted by Gasteiger charge is -2.20. The van der Waals surface area contributed by atoms with Crippen molar-refractivity contribution < 1.29 is 14.0 Å². The molecule has 3 rings (SSSR count). The number of nitrogens with one attached hydrogen (secondary N) is 1. The van der Waals surface area contributed by atoms with Crippen molar-refractivity contribution in [1.29, 1.82) is 0 Å². The van der Waals surface area contributed by atoms with Crippen molar-refractivity contribution in [3.63, 3.8) is 0 Å². The summed E-state index contributed by atoms with van der Waals surface area (Å²) in [5.41, 5.74) is 1.16. The molecule has 0 saturated carbocycles. The van der Waals surface area contributed by atoms with Crippen LogP contribution in [0.3, 0.4) is 0 Å². The van der Waals surface area contributed by atoms with Gasteiger partial charge in [-0.1, -0.05) is 11.2 Å². The first-order valence-corrected chi connectivity index (χ1v) is 6.35. The van der Waals surface area contributed by atoms with Crippen molar-refractivity contribution in [1.82, 2.24) is 10.5 Å². The Hall–Kier alpha value is -2.01. The number of hydrogen-bond acceptors (Lipinski definition) is 5. The molecule has 1 atom stereocenters. The summed E-state index contributed by atoms with van der Waals surface area (Å²) in [6.45, 7) is 3.97. The summed E-state index contributed by atoms with van der Waals surface area (Å²) in [6, 6.07) is 8.07. The molecule has 1 aromatic carbocycles. The van der Waals surface area contributed by atoms with Gasteiger partial charge in [0.15, 0.2) is 11.5 Å². The standard InChI is InChI=1S/C14H16N2O3/c1-10(15-9-12-4-5-16-19-12)11-2-3-13-14(8-11)18-7-6-17-13/h2-5,8,10,15H,6-7,9H2,1H3. The fourth-order valence-electron chi connectivity index (χ4n) is 2.03. The van der Waals surface area contributed by atoms with Gasteiger partial charge in [0.05, 0.1) is 12.7 Å². The number of hydrogen-bond donors (Lipinski definition) is 1. The Kier molecular flexibility index (Phi) is 3.37. The van der Waals surface area contributed by atoms with E-state index in [0.717, 1.165) is 22.8 Å². The maximum atomic E-state index is 5.58. The molecule has 1 aliphatic heterocycles. The maximum Gasteiger partial charge on any atom is 0.161 e. The Morgan fingerprint density at radius 1 is 1.21 bits per heavy atom. The van der Waals surface area contributed by atoms with E-state index in [1.807, 2.05) is 24.3 Å². The summed E-state index contributed by atoms with van der Waals surface area (Å²) in [5.74, 6) is 2.46. The van der Waals surface area contributed by atoms with Gasteiger partial charge in [0.1, 0.15) is 19.0 Å². The monoisotopic (exact) mass is 260 g/mol. The highest BCUT2D eigenvalue weighted by atomic mass is 16.6. The second-order valence-electron chi connectivity index (χ2n) is 4.48. The van der Waals surface area contributed by atoms with Gasteiger partial charge in [-0.05, 0) is 24.6 Å². The van der Waals surface area contributed by atoms with Crippen LogP contribution in [0.4, 0.5) is 0 Å². The molecule has 100 valence electrons. The highest BCUT2D eigenvalue weighted by Crippen LogP contribution is 2.32. The Morgan fingerprint density at radius 2 is 2.05 bits per heavy atom. The van der Waals surface area contributed by atoms with Gasteiger partial charge in [0.25, 0.3) is 0 Å². The van der Waals surface area contributed by atoms with Gasteiger partial charge >= 0.3 is 0 Å². The van der Waals surface area contributed by atoms with Gasteiger partial charge in [-0.15, -0.1) is 0 Å². The highest BCUT2D eigenvalue weighted by Gasteiger charge is 2.14. The molecular weight excluding hydrogens is 244 g/mol. The second kappa shape index (κ2) is 5.32. The van der Waals surface area contributed by atoms with Crippen molar-refractivity contribution in [3.8, 4) is 11.5 Å². The molecule has 0 radical (unpaired) electrons. The van der Waals surface area contributed by atoms with Crippen molar-refractivity contribution in [2.45, 2.75) is 19.5 Å². The number of aromatic nitrogens is 1. The molecule has 0 bridgehead atoms. The fourth-order valence-corrected chi connectivity index (χ4v) is 2.03. The van der Waals surface area contributed by atoms with Crippen LogP contribution in [0.2, 0.25) is 0 Å². The Balaban J connectivity index is 1.67. The average molecular weight is 260 g/mol. The van der Waals surface area contributed by atoms with E-state index in [0.29, 0.717) is 19.8 Å². The van der Waals surface area contributed by atoms with Gasteiger partial charge in [-0.2, -0.15) is 0 Å². The van der Waals surface area contributed by atoms with E-state index in [9.17, 15) is 0 Å². The summed E-state index contributed by atoms with van der Waals surface area (Å²) >= 11 is 0. The first kappa shape index (κ1) is 12.0. The minimum absolute atomic E-state index is 0.195. The van der Waals surface area contributed by atoms with Crippen LogP contribution in [-0.4, -0.2) is 18.4 Å². The quantitative estimate of drug-likeness (QED) is 0.914. The van der Waals surface area contributed by atoms with Crippen LogP contribution in [-0.2, 0) is 6.54 Å². The van der Waals surface area contributed by atoms with Crippen LogP contribution in [0, 0.1) is 0 Å². The third-order valence-corrected chi connectivity index (χ3v) is 3.14. The van der Waals surface area contributed by atoms with E-state index in [4.69, 9.17) is 14.0 Å². The van der Waals surface area contributed by atoms with Crippen LogP contribution in [0.1, 0.15) is 24.3 Å². The molecule has 2 aromatic rings. The Bertz CT molecular complexity index is 540. The molecule has 5 heteroatoms. The molecular formula is C14H16N2O3. The molecule has 0 amide bonds. The molecule has 1 N–H and O–H groups in total. The number of rotatable bonds is 4. The Labute approximate surface area is 111 Å². The van der Waals surface area contributed by atoms with E-state index in [2.05, 4.69) is 17.4 Å².